The zero-order chi connectivity index (χ0) is 8.15. The van der Waals surface area contributed by atoms with Crippen LogP contribution in [-0.4, -0.2) is 16.9 Å². The molecule has 0 aliphatic carbocycles. The summed E-state index contributed by atoms with van der Waals surface area (Å²) in [6, 6.07) is 0. The number of carbonyl (C=O) groups excluding carboxylic acids is 2. The average Bonchev–Trinajstić information content (AvgIpc) is 1.81. The van der Waals surface area contributed by atoms with Gasteiger partial charge in [-0.1, -0.05) is 0 Å². The second kappa shape index (κ2) is 3.90. The predicted octanol–water partition coefficient (Wildman–Crippen LogP) is -0.356. The number of nitrogens with two attached hydrogens (primary N) is 1. The van der Waals surface area contributed by atoms with Gasteiger partial charge in [0.25, 0.3) is 0 Å². The van der Waals surface area contributed by atoms with Crippen LogP contribution in [0.15, 0.2) is 0 Å². The monoisotopic (exact) mass is 158 g/mol. The molecule has 0 aliphatic heterocycles. The van der Waals surface area contributed by atoms with Crippen molar-refractivity contribution in [1.29, 1.82) is 5.26 Å². The molecule has 2 N–H and O–H groups in total. The molecule has 0 radical (unpaired) electrons. The van der Waals surface area contributed by atoms with E-state index in [-0.39, 0.29) is 5.78 Å². The average molecular weight is 158 g/mol. The fraction of sp³-hybridized carbons (Fsp3) is 0.400. The Morgan fingerprint density at radius 2 is 2.20 bits per heavy atom. The molecule has 1 amide bonds. The number of hydrogen-bond donors (Lipinski definition) is 1. The van der Waals surface area contributed by atoms with Gasteiger partial charge in [-0.3, -0.25) is 9.59 Å². The number of primary amides is 1. The summed E-state index contributed by atoms with van der Waals surface area (Å²) in [5, 5.41) is 8.70. The lowest BCUT2D eigenvalue weighted by atomic mass is 10.3. The summed E-state index contributed by atoms with van der Waals surface area (Å²) in [6.07, 6.45) is 0. The number of nitriles is 1. The van der Waals surface area contributed by atoms with Crippen LogP contribution in [0.4, 0.5) is 0 Å². The molecule has 0 heterocycles. The molecule has 0 saturated heterocycles. The molecule has 0 bridgehead atoms. The van der Waals surface area contributed by atoms with E-state index in [0.717, 1.165) is 0 Å². The molecule has 1 unspecified atom stereocenters. The van der Waals surface area contributed by atoms with Gasteiger partial charge < -0.3 is 5.73 Å². The van der Waals surface area contributed by atoms with Crippen molar-refractivity contribution in [3.63, 3.8) is 0 Å². The van der Waals surface area contributed by atoms with Crippen molar-refractivity contribution >= 4 is 23.5 Å². The van der Waals surface area contributed by atoms with Gasteiger partial charge in [0.15, 0.2) is 11.0 Å². The highest BCUT2D eigenvalue weighted by Crippen LogP contribution is 2.08. The molecule has 0 spiro atoms. The third-order valence-corrected chi connectivity index (χ3v) is 1.70. The first-order chi connectivity index (χ1) is 4.59. The number of ketones is 1. The van der Waals surface area contributed by atoms with E-state index in [0.29, 0.717) is 11.8 Å². The fourth-order valence-corrected chi connectivity index (χ4v) is 0.782. The zero-order valence-electron chi connectivity index (χ0n) is 5.33. The Hall–Kier alpha value is -1.02. The Kier molecular flexibility index (Phi) is 3.51. The summed E-state index contributed by atoms with van der Waals surface area (Å²) in [5.41, 5.74) is 4.79. The normalized spacial score (nSPS) is 11.6. The molecule has 0 rings (SSSR count). The van der Waals surface area contributed by atoms with Gasteiger partial charge >= 0.3 is 0 Å². The molecular weight excluding hydrogens is 152 g/mol. The lowest BCUT2D eigenvalue weighted by Crippen LogP contribution is -2.31. The van der Waals surface area contributed by atoms with E-state index >= 15 is 0 Å². The van der Waals surface area contributed by atoms with Crippen LogP contribution in [0, 0.1) is 10.7 Å². The summed E-state index contributed by atoms with van der Waals surface area (Å²) in [5.74, 6) is -1.15. The first-order valence-corrected chi connectivity index (χ1v) is 3.32. The summed E-state index contributed by atoms with van der Waals surface area (Å²) < 4.78 is 0. The predicted molar refractivity (Wildman–Crippen MR) is 36.9 cm³/mol. The maximum Gasteiger partial charge on any atom is 0.239 e. The minimum absolute atomic E-state index is 0.390. The minimum Gasteiger partial charge on any atom is -0.368 e. The quantitative estimate of drug-likeness (QED) is 0.449. The van der Waals surface area contributed by atoms with Gasteiger partial charge in [0.05, 0.1) is 0 Å². The number of thiocyanates is 1. The molecule has 0 saturated carbocycles. The number of Topliss-reactive ketones (excluding diaryl/α,β-unsaturated/α-hetero) is 1. The second-order valence-electron chi connectivity index (χ2n) is 1.60. The van der Waals surface area contributed by atoms with Crippen LogP contribution in [0.2, 0.25) is 0 Å². The molecule has 5 heteroatoms. The maximum atomic E-state index is 10.5. The van der Waals surface area contributed by atoms with Crippen LogP contribution in [0.3, 0.4) is 0 Å². The van der Waals surface area contributed by atoms with Gasteiger partial charge in [-0.15, -0.1) is 0 Å². The molecule has 4 nitrogen and oxygen atoms in total. The van der Waals surface area contributed by atoms with Crippen LogP contribution >= 0.6 is 11.8 Å². The van der Waals surface area contributed by atoms with Crippen molar-refractivity contribution in [2.45, 2.75) is 12.2 Å². The topological polar surface area (TPSA) is 83.9 Å². The number of thioether (sulfide) groups is 1. The lowest BCUT2D eigenvalue weighted by molar-refractivity contribution is -0.124. The molecule has 0 aromatic heterocycles. The first-order valence-electron chi connectivity index (χ1n) is 2.44. The van der Waals surface area contributed by atoms with E-state index in [1.807, 2.05) is 0 Å². The zero-order valence-corrected chi connectivity index (χ0v) is 6.14. The van der Waals surface area contributed by atoms with E-state index in [2.05, 4.69) is 0 Å². The number of rotatable bonds is 3. The maximum absolute atomic E-state index is 10.5. The number of hydrogen-bond acceptors (Lipinski definition) is 4. The Bertz CT molecular complexity index is 182. The van der Waals surface area contributed by atoms with Crippen molar-refractivity contribution in [3.8, 4) is 5.40 Å². The van der Waals surface area contributed by atoms with Gasteiger partial charge in [-0.2, -0.15) is 5.26 Å². The SMILES string of the molecule is CC(=O)C(SC#N)C(N)=O. The summed E-state index contributed by atoms with van der Waals surface area (Å²) >= 11 is 0.574. The highest BCUT2D eigenvalue weighted by Gasteiger charge is 2.20. The van der Waals surface area contributed by atoms with Crippen molar-refractivity contribution in [2.24, 2.45) is 5.73 Å². The van der Waals surface area contributed by atoms with E-state index in [1.165, 1.54) is 6.92 Å². The highest BCUT2D eigenvalue weighted by atomic mass is 32.2. The summed E-state index contributed by atoms with van der Waals surface area (Å²) in [4.78, 5) is 20.9. The molecule has 1 atom stereocenters. The van der Waals surface area contributed by atoms with Crippen LogP contribution < -0.4 is 5.73 Å². The van der Waals surface area contributed by atoms with Gasteiger partial charge in [0.1, 0.15) is 5.40 Å². The smallest absolute Gasteiger partial charge is 0.239 e. The number of amides is 1. The second-order valence-corrected chi connectivity index (χ2v) is 2.49. The van der Waals surface area contributed by atoms with E-state index in [4.69, 9.17) is 11.0 Å². The summed E-state index contributed by atoms with van der Waals surface area (Å²) in [7, 11) is 0. The van der Waals surface area contributed by atoms with Crippen LogP contribution in [0.25, 0.3) is 0 Å². The first kappa shape index (κ1) is 8.98. The Morgan fingerprint density at radius 3 is 2.30 bits per heavy atom. The van der Waals surface area contributed by atoms with Gasteiger partial charge in [-0.05, 0) is 18.7 Å². The molecule has 0 aliphatic rings. The number of carbonyl (C=O) groups is 2. The third kappa shape index (κ3) is 2.51. The van der Waals surface area contributed by atoms with Crippen molar-refractivity contribution in [2.75, 3.05) is 0 Å². The van der Waals surface area contributed by atoms with Gasteiger partial charge in [0.2, 0.25) is 5.91 Å². The molecule has 0 aromatic rings. The lowest BCUT2D eigenvalue weighted by Gasteiger charge is -2.00. The summed E-state index contributed by atoms with van der Waals surface area (Å²) in [6.45, 7) is 1.22. The van der Waals surface area contributed by atoms with Crippen molar-refractivity contribution in [1.82, 2.24) is 0 Å². The van der Waals surface area contributed by atoms with Crippen LogP contribution in [0.5, 0.6) is 0 Å². The van der Waals surface area contributed by atoms with E-state index < -0.39 is 11.2 Å². The van der Waals surface area contributed by atoms with Crippen molar-refractivity contribution < 1.29 is 9.59 Å². The molecule has 10 heavy (non-hydrogen) atoms. The van der Waals surface area contributed by atoms with Gasteiger partial charge in [0, 0.05) is 0 Å². The van der Waals surface area contributed by atoms with Gasteiger partial charge in [-0.25, -0.2) is 0 Å². The number of nitrogens with zero attached hydrogens (tertiary/aromatic N) is 1. The fourth-order valence-electron chi connectivity index (χ4n) is 0.394. The minimum atomic E-state index is -1.01. The van der Waals surface area contributed by atoms with E-state index in [1.54, 1.807) is 5.40 Å². The molecule has 54 valence electrons. The largest absolute Gasteiger partial charge is 0.368 e. The standard InChI is InChI=1S/C5H6N2O2S/c1-3(8)4(5(7)9)10-2-6/h4H,1H3,(H2,7,9). The Morgan fingerprint density at radius 1 is 1.70 bits per heavy atom. The third-order valence-electron chi connectivity index (χ3n) is 0.798. The Labute approximate surface area is 62.4 Å². The molecule has 0 fully saturated rings. The van der Waals surface area contributed by atoms with E-state index in [9.17, 15) is 9.59 Å². The van der Waals surface area contributed by atoms with Crippen molar-refractivity contribution in [3.05, 3.63) is 0 Å². The molecular formula is C5H6N2O2S. The van der Waals surface area contributed by atoms with Crippen LogP contribution in [0.1, 0.15) is 6.92 Å². The van der Waals surface area contributed by atoms with Crippen LogP contribution in [-0.2, 0) is 9.59 Å². The highest BCUT2D eigenvalue weighted by molar-refractivity contribution is 8.05. The molecule has 0 aromatic carbocycles. The Balaban J connectivity index is 4.15.